The van der Waals surface area contributed by atoms with Crippen LogP contribution in [0.1, 0.15) is 12.8 Å². The Hall–Kier alpha value is -1.03. The number of nitrogens with zero attached hydrogens (tertiary/aromatic N) is 1. The molecule has 1 aliphatic heterocycles. The van der Waals surface area contributed by atoms with Crippen LogP contribution in [0.2, 0.25) is 0 Å². The minimum absolute atomic E-state index is 0.0407. The van der Waals surface area contributed by atoms with E-state index in [1.54, 1.807) is 4.90 Å². The number of halogens is 1. The fourth-order valence-electron chi connectivity index (χ4n) is 2.02. The molecule has 1 spiro atoms. The van der Waals surface area contributed by atoms with Crippen molar-refractivity contribution in [2.24, 2.45) is 0 Å². The Balaban J connectivity index is 2.06. The van der Waals surface area contributed by atoms with E-state index in [9.17, 15) is 4.79 Å². The lowest BCUT2D eigenvalue weighted by molar-refractivity contribution is 0.178. The number of rotatable bonds is 1. The van der Waals surface area contributed by atoms with Crippen LogP contribution in [-0.4, -0.2) is 18.2 Å². The van der Waals surface area contributed by atoms with Crippen LogP contribution in [0.25, 0.3) is 0 Å². The maximum absolute atomic E-state index is 11.7. The summed E-state index contributed by atoms with van der Waals surface area (Å²) >= 11 is 3.46. The van der Waals surface area contributed by atoms with Gasteiger partial charge in [0.2, 0.25) is 0 Å². The number of ether oxygens (including phenoxy) is 1. The summed E-state index contributed by atoms with van der Waals surface area (Å²) in [4.78, 5) is 13.5. The zero-order valence-electron chi connectivity index (χ0n) is 8.07. The zero-order chi connectivity index (χ0) is 10.5. The lowest BCUT2D eigenvalue weighted by Crippen LogP contribution is -2.35. The molecule has 15 heavy (non-hydrogen) atoms. The van der Waals surface area contributed by atoms with Crippen molar-refractivity contribution in [2.45, 2.75) is 18.4 Å². The number of amides is 1. The van der Waals surface area contributed by atoms with E-state index < -0.39 is 0 Å². The van der Waals surface area contributed by atoms with Crippen LogP contribution in [-0.2, 0) is 4.74 Å². The second kappa shape index (κ2) is 2.98. The van der Waals surface area contributed by atoms with Crippen molar-refractivity contribution >= 4 is 27.7 Å². The first kappa shape index (κ1) is 9.21. The van der Waals surface area contributed by atoms with Gasteiger partial charge >= 0.3 is 6.09 Å². The molecule has 0 bridgehead atoms. The predicted octanol–water partition coefficient (Wildman–Crippen LogP) is 2.94. The number of benzene rings is 1. The van der Waals surface area contributed by atoms with Gasteiger partial charge in [-0.2, -0.15) is 0 Å². The van der Waals surface area contributed by atoms with Crippen LogP contribution in [0.4, 0.5) is 10.5 Å². The number of hydrogen-bond acceptors (Lipinski definition) is 2. The molecule has 4 heteroatoms. The predicted molar refractivity (Wildman–Crippen MR) is 59.9 cm³/mol. The minimum atomic E-state index is -0.223. The summed E-state index contributed by atoms with van der Waals surface area (Å²) in [7, 11) is 0. The van der Waals surface area contributed by atoms with E-state index in [4.69, 9.17) is 4.74 Å². The highest BCUT2D eigenvalue weighted by molar-refractivity contribution is 9.10. The third-order valence-corrected chi connectivity index (χ3v) is 3.71. The molecule has 1 saturated heterocycles. The molecule has 1 amide bonds. The lowest BCUT2D eigenvalue weighted by atomic mass is 10.2. The van der Waals surface area contributed by atoms with Gasteiger partial charge in [0.1, 0.15) is 6.61 Å². The molecule has 0 N–H and O–H groups in total. The first-order chi connectivity index (χ1) is 7.23. The van der Waals surface area contributed by atoms with Gasteiger partial charge in [0, 0.05) is 4.47 Å². The van der Waals surface area contributed by atoms with E-state index in [0.717, 1.165) is 23.0 Å². The fourth-order valence-corrected chi connectivity index (χ4v) is 2.48. The average Bonchev–Trinajstić information content (AvgIpc) is 2.92. The van der Waals surface area contributed by atoms with Gasteiger partial charge < -0.3 is 4.74 Å². The average molecular weight is 268 g/mol. The highest BCUT2D eigenvalue weighted by Gasteiger charge is 2.57. The topological polar surface area (TPSA) is 29.5 Å². The van der Waals surface area contributed by atoms with Crippen LogP contribution in [0.3, 0.4) is 0 Å². The summed E-state index contributed by atoms with van der Waals surface area (Å²) in [6.45, 7) is 0.535. The van der Waals surface area contributed by atoms with Gasteiger partial charge in [-0.3, -0.25) is 4.90 Å². The second-order valence-corrected chi connectivity index (χ2v) is 4.92. The van der Waals surface area contributed by atoms with Crippen molar-refractivity contribution < 1.29 is 9.53 Å². The van der Waals surface area contributed by atoms with E-state index in [2.05, 4.69) is 15.9 Å². The van der Waals surface area contributed by atoms with E-state index in [0.29, 0.717) is 6.61 Å². The normalized spacial score (nSPS) is 21.9. The maximum Gasteiger partial charge on any atom is 0.415 e. The standard InChI is InChI=1S/C11H10BrNO2/c12-8-3-1-2-4-9(8)13-10(14)15-7-11(13)5-6-11/h1-4H,5-7H2. The van der Waals surface area contributed by atoms with Crippen LogP contribution in [0, 0.1) is 0 Å². The van der Waals surface area contributed by atoms with Crippen LogP contribution in [0.15, 0.2) is 28.7 Å². The molecule has 0 radical (unpaired) electrons. The molecule has 2 aliphatic rings. The first-order valence-corrected chi connectivity index (χ1v) is 5.74. The van der Waals surface area contributed by atoms with Gasteiger partial charge in [-0.1, -0.05) is 12.1 Å². The lowest BCUT2D eigenvalue weighted by Gasteiger charge is -2.21. The Morgan fingerprint density at radius 3 is 2.73 bits per heavy atom. The van der Waals surface area contributed by atoms with Gasteiger partial charge in [0.15, 0.2) is 0 Å². The molecule has 3 rings (SSSR count). The van der Waals surface area contributed by atoms with Crippen molar-refractivity contribution in [1.82, 2.24) is 0 Å². The van der Waals surface area contributed by atoms with Crippen molar-refractivity contribution in [3.05, 3.63) is 28.7 Å². The third-order valence-electron chi connectivity index (χ3n) is 3.04. The summed E-state index contributed by atoms with van der Waals surface area (Å²) in [6.07, 6.45) is 1.86. The summed E-state index contributed by atoms with van der Waals surface area (Å²) < 4.78 is 6.06. The number of carbonyl (C=O) groups excluding carboxylic acids is 1. The van der Waals surface area contributed by atoms with E-state index in [1.165, 1.54) is 0 Å². The van der Waals surface area contributed by atoms with Crippen molar-refractivity contribution in [2.75, 3.05) is 11.5 Å². The molecule has 0 aromatic heterocycles. The summed E-state index contributed by atoms with van der Waals surface area (Å²) in [5, 5.41) is 0. The van der Waals surface area contributed by atoms with Gasteiger partial charge in [-0.25, -0.2) is 4.79 Å². The molecule has 3 nitrogen and oxygen atoms in total. The summed E-state index contributed by atoms with van der Waals surface area (Å²) in [6, 6.07) is 7.75. The molecule has 1 aliphatic carbocycles. The molecular formula is C11H10BrNO2. The Bertz CT molecular complexity index is 428. The van der Waals surface area contributed by atoms with Gasteiger partial charge in [0.05, 0.1) is 11.2 Å². The smallest absolute Gasteiger partial charge is 0.415 e. The number of para-hydroxylation sites is 1. The number of hydrogen-bond donors (Lipinski definition) is 0. The van der Waals surface area contributed by atoms with Crippen molar-refractivity contribution in [1.29, 1.82) is 0 Å². The summed E-state index contributed by atoms with van der Waals surface area (Å²) in [5.74, 6) is 0. The molecule has 0 unspecified atom stereocenters. The van der Waals surface area contributed by atoms with E-state index >= 15 is 0 Å². The largest absolute Gasteiger partial charge is 0.447 e. The summed E-state index contributed by atoms with van der Waals surface area (Å²) in [5.41, 5.74) is 0.874. The third kappa shape index (κ3) is 1.28. The quantitative estimate of drug-likeness (QED) is 0.783. The van der Waals surface area contributed by atoms with Gasteiger partial charge in [-0.15, -0.1) is 0 Å². The highest BCUT2D eigenvalue weighted by Crippen LogP contribution is 2.49. The van der Waals surface area contributed by atoms with Crippen LogP contribution in [0.5, 0.6) is 0 Å². The van der Waals surface area contributed by atoms with Crippen LogP contribution < -0.4 is 4.90 Å². The number of cyclic esters (lactones) is 1. The minimum Gasteiger partial charge on any atom is -0.447 e. The Morgan fingerprint density at radius 2 is 2.07 bits per heavy atom. The molecule has 0 atom stereocenters. The number of anilines is 1. The van der Waals surface area contributed by atoms with E-state index in [1.807, 2.05) is 24.3 Å². The van der Waals surface area contributed by atoms with Crippen LogP contribution >= 0.6 is 15.9 Å². The molecule has 1 aromatic carbocycles. The first-order valence-electron chi connectivity index (χ1n) is 4.94. The van der Waals surface area contributed by atoms with Crippen molar-refractivity contribution in [3.63, 3.8) is 0 Å². The highest BCUT2D eigenvalue weighted by atomic mass is 79.9. The SMILES string of the molecule is O=C1OCC2(CC2)N1c1ccccc1Br. The molecule has 1 aromatic rings. The van der Waals surface area contributed by atoms with E-state index in [-0.39, 0.29) is 11.6 Å². The Morgan fingerprint density at radius 1 is 1.33 bits per heavy atom. The molecular weight excluding hydrogens is 258 g/mol. The Labute approximate surface area is 96.1 Å². The molecule has 1 saturated carbocycles. The number of carbonyl (C=O) groups is 1. The fraction of sp³-hybridized carbons (Fsp3) is 0.364. The zero-order valence-corrected chi connectivity index (χ0v) is 9.66. The van der Waals surface area contributed by atoms with Gasteiger partial charge in [0.25, 0.3) is 0 Å². The van der Waals surface area contributed by atoms with Crippen molar-refractivity contribution in [3.8, 4) is 0 Å². The van der Waals surface area contributed by atoms with Gasteiger partial charge in [-0.05, 0) is 40.9 Å². The maximum atomic E-state index is 11.7. The molecule has 78 valence electrons. The molecule has 1 heterocycles. The molecule has 2 fully saturated rings. The second-order valence-electron chi connectivity index (χ2n) is 4.07. The monoisotopic (exact) mass is 267 g/mol. The Kier molecular flexibility index (Phi) is 1.83.